The van der Waals surface area contributed by atoms with Crippen LogP contribution in [0.1, 0.15) is 31.7 Å². The lowest BCUT2D eigenvalue weighted by Gasteiger charge is -2.20. The molecule has 0 fully saturated rings. The summed E-state index contributed by atoms with van der Waals surface area (Å²) in [7, 11) is 2.10. The Labute approximate surface area is 103 Å². The summed E-state index contributed by atoms with van der Waals surface area (Å²) < 4.78 is 0. The van der Waals surface area contributed by atoms with E-state index in [9.17, 15) is 0 Å². The molecule has 1 aromatic rings. The van der Waals surface area contributed by atoms with Crippen LogP contribution < -0.4 is 10.6 Å². The molecular formula is C13H21ClN2. The fourth-order valence-electron chi connectivity index (χ4n) is 1.67. The fourth-order valence-corrected chi connectivity index (χ4v) is 1.92. The second-order valence-corrected chi connectivity index (χ2v) is 4.52. The van der Waals surface area contributed by atoms with Crippen molar-refractivity contribution in [2.24, 2.45) is 5.73 Å². The summed E-state index contributed by atoms with van der Waals surface area (Å²) >= 11 is 6.13. The molecule has 0 aliphatic heterocycles. The van der Waals surface area contributed by atoms with Gasteiger partial charge in [0.05, 0.1) is 0 Å². The summed E-state index contributed by atoms with van der Waals surface area (Å²) in [6.07, 6.45) is 3.75. The molecular weight excluding hydrogens is 220 g/mol. The average molecular weight is 241 g/mol. The number of halogens is 1. The van der Waals surface area contributed by atoms with Gasteiger partial charge in [0.15, 0.2) is 0 Å². The van der Waals surface area contributed by atoms with Crippen molar-refractivity contribution in [1.82, 2.24) is 0 Å². The Kier molecular flexibility index (Phi) is 5.64. The molecule has 16 heavy (non-hydrogen) atoms. The Hall–Kier alpha value is -0.730. The molecule has 3 heteroatoms. The third-order valence-corrected chi connectivity index (χ3v) is 3.15. The molecule has 0 atom stereocenters. The van der Waals surface area contributed by atoms with Crippen molar-refractivity contribution in [3.8, 4) is 0 Å². The molecule has 0 amide bonds. The van der Waals surface area contributed by atoms with Gasteiger partial charge in [-0.15, -0.1) is 0 Å². The normalized spacial score (nSPS) is 10.5. The number of rotatable bonds is 6. The van der Waals surface area contributed by atoms with Gasteiger partial charge in [0.25, 0.3) is 0 Å². The van der Waals surface area contributed by atoms with E-state index in [-0.39, 0.29) is 0 Å². The van der Waals surface area contributed by atoms with Gasteiger partial charge >= 0.3 is 0 Å². The second-order valence-electron chi connectivity index (χ2n) is 4.11. The first kappa shape index (κ1) is 13.3. The van der Waals surface area contributed by atoms with E-state index in [0.29, 0.717) is 6.54 Å². The van der Waals surface area contributed by atoms with Gasteiger partial charge < -0.3 is 10.6 Å². The van der Waals surface area contributed by atoms with Gasteiger partial charge in [-0.3, -0.25) is 0 Å². The Balaban J connectivity index is 2.62. The topological polar surface area (TPSA) is 29.3 Å². The molecule has 1 aromatic carbocycles. The number of nitrogens with two attached hydrogens (primary N) is 1. The summed E-state index contributed by atoms with van der Waals surface area (Å²) in [6, 6.07) is 6.09. The second kappa shape index (κ2) is 6.77. The van der Waals surface area contributed by atoms with Crippen LogP contribution in [-0.4, -0.2) is 13.6 Å². The van der Waals surface area contributed by atoms with Crippen LogP contribution in [0.25, 0.3) is 0 Å². The van der Waals surface area contributed by atoms with Crippen LogP contribution in [0.5, 0.6) is 0 Å². The Morgan fingerprint density at radius 3 is 2.62 bits per heavy atom. The van der Waals surface area contributed by atoms with Crippen LogP contribution in [0.4, 0.5) is 5.69 Å². The lowest BCUT2D eigenvalue weighted by Crippen LogP contribution is -2.18. The molecule has 0 aliphatic carbocycles. The molecule has 0 aliphatic rings. The standard InChI is InChI=1S/C13H21ClN2/c1-3-4-5-8-16(2)12-7-6-11(10-15)13(14)9-12/h6-7,9H,3-5,8,10,15H2,1-2H3. The van der Waals surface area contributed by atoms with E-state index in [1.165, 1.54) is 24.9 Å². The first-order valence-corrected chi connectivity index (χ1v) is 6.26. The summed E-state index contributed by atoms with van der Waals surface area (Å²) in [6.45, 7) is 3.79. The first-order valence-electron chi connectivity index (χ1n) is 5.88. The quantitative estimate of drug-likeness (QED) is 0.772. The van der Waals surface area contributed by atoms with Crippen LogP contribution in [-0.2, 0) is 6.54 Å². The SMILES string of the molecule is CCCCCN(C)c1ccc(CN)c(Cl)c1. The van der Waals surface area contributed by atoms with Gasteiger partial charge in [-0.05, 0) is 24.1 Å². The molecule has 1 rings (SSSR count). The maximum absolute atomic E-state index is 6.13. The number of unbranched alkanes of at least 4 members (excludes halogenated alkanes) is 2. The summed E-state index contributed by atoms with van der Waals surface area (Å²) in [4.78, 5) is 2.24. The van der Waals surface area contributed by atoms with Gasteiger partial charge in [0, 0.05) is 30.8 Å². The minimum atomic E-state index is 0.499. The van der Waals surface area contributed by atoms with Gasteiger partial charge in [0.2, 0.25) is 0 Å². The molecule has 0 saturated heterocycles. The van der Waals surface area contributed by atoms with Crippen molar-refractivity contribution in [2.45, 2.75) is 32.7 Å². The van der Waals surface area contributed by atoms with Crippen LogP contribution in [0, 0.1) is 0 Å². The molecule has 0 radical (unpaired) electrons. The van der Waals surface area contributed by atoms with Crippen molar-refractivity contribution < 1.29 is 0 Å². The molecule has 0 spiro atoms. The number of anilines is 1. The van der Waals surface area contributed by atoms with Crippen LogP contribution in [0.2, 0.25) is 5.02 Å². The lowest BCUT2D eigenvalue weighted by atomic mass is 10.2. The number of nitrogens with zero attached hydrogens (tertiary/aromatic N) is 1. The van der Waals surface area contributed by atoms with Crippen molar-refractivity contribution >= 4 is 17.3 Å². The van der Waals surface area contributed by atoms with E-state index in [0.717, 1.165) is 17.1 Å². The van der Waals surface area contributed by atoms with E-state index < -0.39 is 0 Å². The average Bonchev–Trinajstić information content (AvgIpc) is 2.29. The highest BCUT2D eigenvalue weighted by molar-refractivity contribution is 6.31. The molecule has 0 aromatic heterocycles. The van der Waals surface area contributed by atoms with E-state index in [1.807, 2.05) is 12.1 Å². The minimum absolute atomic E-state index is 0.499. The van der Waals surface area contributed by atoms with Crippen LogP contribution in [0.3, 0.4) is 0 Å². The molecule has 2 N–H and O–H groups in total. The van der Waals surface area contributed by atoms with Crippen LogP contribution >= 0.6 is 11.6 Å². The van der Waals surface area contributed by atoms with Gasteiger partial charge in [-0.1, -0.05) is 37.4 Å². The Morgan fingerprint density at radius 1 is 1.31 bits per heavy atom. The van der Waals surface area contributed by atoms with E-state index in [2.05, 4.69) is 24.9 Å². The molecule has 2 nitrogen and oxygen atoms in total. The molecule has 0 bridgehead atoms. The van der Waals surface area contributed by atoms with Crippen molar-refractivity contribution in [2.75, 3.05) is 18.5 Å². The van der Waals surface area contributed by atoms with Crippen LogP contribution in [0.15, 0.2) is 18.2 Å². The van der Waals surface area contributed by atoms with Gasteiger partial charge in [0.1, 0.15) is 0 Å². The zero-order valence-corrected chi connectivity index (χ0v) is 10.9. The zero-order chi connectivity index (χ0) is 12.0. The molecule has 0 unspecified atom stereocenters. The van der Waals surface area contributed by atoms with Gasteiger partial charge in [-0.25, -0.2) is 0 Å². The highest BCUT2D eigenvalue weighted by Gasteiger charge is 2.04. The third-order valence-electron chi connectivity index (χ3n) is 2.79. The van der Waals surface area contributed by atoms with Crippen molar-refractivity contribution in [3.05, 3.63) is 28.8 Å². The largest absolute Gasteiger partial charge is 0.375 e. The highest BCUT2D eigenvalue weighted by atomic mass is 35.5. The van der Waals surface area contributed by atoms with E-state index >= 15 is 0 Å². The summed E-state index contributed by atoms with van der Waals surface area (Å²) in [5.41, 5.74) is 7.75. The minimum Gasteiger partial charge on any atom is -0.375 e. The smallest absolute Gasteiger partial charge is 0.0471 e. The predicted octanol–water partition coefficient (Wildman–Crippen LogP) is 3.43. The highest BCUT2D eigenvalue weighted by Crippen LogP contribution is 2.23. The van der Waals surface area contributed by atoms with Gasteiger partial charge in [-0.2, -0.15) is 0 Å². The Morgan fingerprint density at radius 2 is 2.06 bits per heavy atom. The maximum atomic E-state index is 6.13. The molecule has 0 heterocycles. The fraction of sp³-hybridized carbons (Fsp3) is 0.538. The van der Waals surface area contributed by atoms with E-state index in [1.54, 1.807) is 0 Å². The summed E-state index contributed by atoms with van der Waals surface area (Å²) in [5, 5.41) is 0.766. The number of hydrogen-bond donors (Lipinski definition) is 1. The third kappa shape index (κ3) is 3.69. The van der Waals surface area contributed by atoms with E-state index in [4.69, 9.17) is 17.3 Å². The predicted molar refractivity (Wildman–Crippen MR) is 72.1 cm³/mol. The molecule has 0 saturated carbocycles. The number of benzene rings is 1. The lowest BCUT2D eigenvalue weighted by molar-refractivity contribution is 0.705. The first-order chi connectivity index (χ1) is 7.69. The zero-order valence-electron chi connectivity index (χ0n) is 10.2. The number of hydrogen-bond acceptors (Lipinski definition) is 2. The van der Waals surface area contributed by atoms with Crippen molar-refractivity contribution in [3.63, 3.8) is 0 Å². The Bertz CT molecular complexity index is 326. The molecule has 90 valence electrons. The maximum Gasteiger partial charge on any atom is 0.0471 e. The summed E-state index contributed by atoms with van der Waals surface area (Å²) in [5.74, 6) is 0. The monoisotopic (exact) mass is 240 g/mol. The van der Waals surface area contributed by atoms with Crippen molar-refractivity contribution in [1.29, 1.82) is 0 Å².